The van der Waals surface area contributed by atoms with Crippen LogP contribution in [-0.2, 0) is 16.5 Å². The summed E-state index contributed by atoms with van der Waals surface area (Å²) in [5, 5.41) is 19.4. The maximum atomic E-state index is 11.4. The summed E-state index contributed by atoms with van der Waals surface area (Å²) in [5.74, 6) is -0.0296. The number of carbonyl (C=O) groups excluding carboxylic acids is 1. The normalized spacial score (nSPS) is 33.4. The molecule has 0 aromatic rings. The van der Waals surface area contributed by atoms with Crippen LogP contribution in [0.3, 0.4) is 0 Å². The maximum Gasteiger partial charge on any atom is 0.132 e. The van der Waals surface area contributed by atoms with E-state index in [1.807, 2.05) is 21.2 Å². The van der Waals surface area contributed by atoms with E-state index in [4.69, 9.17) is 5.46 Å². The second-order valence-corrected chi connectivity index (χ2v) is 10.6. The van der Waals surface area contributed by atoms with Crippen LogP contribution < -0.4 is 0 Å². The number of Topliss-reactive ketones (excluding diaryl/α,β-unsaturated/α-hetero) is 1. The summed E-state index contributed by atoms with van der Waals surface area (Å²) >= 11 is 2.02. The van der Waals surface area contributed by atoms with Crippen LogP contribution in [0, 0.1) is 17.8 Å². The quantitative estimate of drug-likeness (QED) is 0.530. The summed E-state index contributed by atoms with van der Waals surface area (Å²) in [4.78, 5) is 11.4. The highest BCUT2D eigenvalue weighted by Gasteiger charge is 2.39. The number of aliphatic hydroxyl groups is 2. The lowest BCUT2D eigenvalue weighted by atomic mass is 9.92. The van der Waals surface area contributed by atoms with Crippen LogP contribution >= 0.6 is 29.2 Å². The van der Waals surface area contributed by atoms with E-state index in [2.05, 4.69) is 0 Å². The number of ketones is 1. The number of hydrogen-bond acceptors (Lipinski definition) is 4. The highest BCUT2D eigenvalue weighted by Crippen LogP contribution is 2.38. The molecule has 0 bridgehead atoms. The number of aliphatic hydroxyl groups excluding tert-OH is 2. The van der Waals surface area contributed by atoms with E-state index >= 15 is 0 Å². The fourth-order valence-corrected chi connectivity index (χ4v) is 3.29. The monoisotopic (exact) mass is 394 g/mol. The topological polar surface area (TPSA) is 66.8 Å². The van der Waals surface area contributed by atoms with Gasteiger partial charge in [0.15, 0.2) is 0 Å². The van der Waals surface area contributed by atoms with Crippen molar-refractivity contribution in [2.45, 2.75) is 25.9 Å². The third-order valence-corrected chi connectivity index (χ3v) is 4.80. The van der Waals surface area contributed by atoms with Crippen molar-refractivity contribution in [2.24, 2.45) is 17.8 Å². The Kier molecular flexibility index (Phi) is 6.33. The molecule has 0 amide bonds. The molecule has 5 atom stereocenters. The predicted molar refractivity (Wildman–Crippen MR) is 79.1 cm³/mol. The molecule has 7 heteroatoms. The first-order valence-corrected chi connectivity index (χ1v) is 10.2. The van der Waals surface area contributed by atoms with E-state index < -0.39 is 13.6 Å². The highest BCUT2D eigenvalue weighted by atomic mass is 127. The molecule has 1 rings (SSSR count). The molecule has 0 heterocycles. The first kappa shape index (κ1) is 14.3. The van der Waals surface area contributed by atoms with E-state index in [1.54, 1.807) is 6.92 Å². The fourth-order valence-electron chi connectivity index (χ4n) is 2.42. The van der Waals surface area contributed by atoms with E-state index in [9.17, 15) is 15.0 Å². The summed E-state index contributed by atoms with van der Waals surface area (Å²) < 4.78 is 12.5. The van der Waals surface area contributed by atoms with Crippen molar-refractivity contribution in [3.8, 4) is 0 Å². The lowest BCUT2D eigenvalue weighted by Crippen LogP contribution is -2.30. The minimum atomic E-state index is -0.669. The zero-order chi connectivity index (χ0) is 13.7. The lowest BCUT2D eigenvalue weighted by Gasteiger charge is -2.22. The number of rotatable bonds is 6. The summed E-state index contributed by atoms with van der Waals surface area (Å²) in [6.07, 6.45) is 0.608. The van der Waals surface area contributed by atoms with Gasteiger partial charge in [-0.05, 0) is 31.6 Å². The Morgan fingerprint density at radius 3 is 3.00 bits per heavy atom. The molecule has 1 saturated carbocycles. The minimum absolute atomic E-state index is 0.00183. The Bertz CT molecular complexity index is 331. The van der Waals surface area contributed by atoms with Crippen molar-refractivity contribution >= 4 is 42.5 Å². The van der Waals surface area contributed by atoms with Gasteiger partial charge >= 0.3 is 0 Å². The molecule has 0 radical (unpaired) electrons. The molecule has 0 aromatic heterocycles. The van der Waals surface area contributed by atoms with Gasteiger partial charge in [-0.15, -0.1) is 0 Å². The van der Waals surface area contributed by atoms with Crippen LogP contribution in [0.15, 0.2) is 0 Å². The summed E-state index contributed by atoms with van der Waals surface area (Å²) in [5.41, 5.74) is 0. The van der Waals surface area contributed by atoms with Crippen molar-refractivity contribution < 1.29 is 19.2 Å². The van der Waals surface area contributed by atoms with Gasteiger partial charge in [-0.1, -0.05) is 7.96 Å². The lowest BCUT2D eigenvalue weighted by molar-refractivity contribution is -0.120. The fraction of sp³-hybridized carbons (Fsp3) is 0.900. The van der Waals surface area contributed by atoms with E-state index in [-0.39, 0.29) is 36.8 Å². The predicted octanol–water partition coefficient (Wildman–Crippen LogP) is 1.53. The molecule has 0 spiro atoms. The van der Waals surface area contributed by atoms with Gasteiger partial charge in [0.05, 0.1) is 12.7 Å². The Balaban J connectivity index is 2.55. The standard InChI is InChI=1S/C10H18IO4PS/c1-6(13)7-2-8(4-12)9(3-7)10(14)5-15-17(11)16/h7-10,12,14,16H,2-5H2,1H3/t7-,8-,9+,10?,17?/m0/s1/i16T. The van der Waals surface area contributed by atoms with Gasteiger partial charge < -0.3 is 14.4 Å². The van der Waals surface area contributed by atoms with Gasteiger partial charge in [0.2, 0.25) is 0 Å². The SMILES string of the molecule is [3H]P=S(I)OCC(O)[C@@H]1C[C@@H](C(C)=O)C[C@H]1CO. The van der Waals surface area contributed by atoms with Gasteiger partial charge in [0.1, 0.15) is 7.06 Å². The molecular weight excluding hydrogens is 374 g/mol. The summed E-state index contributed by atoms with van der Waals surface area (Å²) in [6, 6.07) is 0. The van der Waals surface area contributed by atoms with Crippen molar-refractivity contribution in [3.63, 3.8) is 0 Å². The minimum Gasteiger partial charge on any atom is -0.396 e. The highest BCUT2D eigenvalue weighted by molar-refractivity contribution is 14.2. The molecule has 1 aliphatic carbocycles. The van der Waals surface area contributed by atoms with Gasteiger partial charge in [0, 0.05) is 41.3 Å². The molecule has 17 heavy (non-hydrogen) atoms. The zero-order valence-electron chi connectivity index (χ0n) is 10.6. The van der Waals surface area contributed by atoms with Crippen molar-refractivity contribution in [1.82, 2.24) is 0 Å². The summed E-state index contributed by atoms with van der Waals surface area (Å²) in [6.45, 7) is 1.73. The number of halogens is 1. The van der Waals surface area contributed by atoms with Gasteiger partial charge in [-0.3, -0.25) is 4.79 Å². The molecule has 0 aliphatic heterocycles. The summed E-state index contributed by atoms with van der Waals surface area (Å²) in [7, 11) is -0.107. The smallest absolute Gasteiger partial charge is 0.132 e. The Labute approximate surface area is 119 Å². The average Bonchev–Trinajstić information content (AvgIpc) is 2.79. The third kappa shape index (κ3) is 4.84. The van der Waals surface area contributed by atoms with E-state index in [1.165, 1.54) is 0 Å². The van der Waals surface area contributed by atoms with Gasteiger partial charge in [-0.25, -0.2) is 0 Å². The molecule has 0 saturated heterocycles. The van der Waals surface area contributed by atoms with E-state index in [0.29, 0.717) is 20.8 Å². The van der Waals surface area contributed by atoms with Gasteiger partial charge in [0.25, 0.3) is 0 Å². The van der Waals surface area contributed by atoms with Gasteiger partial charge in [-0.2, -0.15) is 0 Å². The number of carbonyl (C=O) groups is 1. The first-order valence-electron chi connectivity index (χ1n) is 5.92. The Hall–Kier alpha value is 0.930. The largest absolute Gasteiger partial charge is 0.396 e. The third-order valence-electron chi connectivity index (χ3n) is 3.39. The molecule has 2 unspecified atom stereocenters. The maximum absolute atomic E-state index is 11.4. The Morgan fingerprint density at radius 2 is 2.47 bits per heavy atom. The average molecular weight is 394 g/mol. The molecule has 0 aromatic carbocycles. The van der Waals surface area contributed by atoms with Crippen LogP contribution in [-0.4, -0.2) is 36.6 Å². The molecule has 2 N–H and O–H groups in total. The van der Waals surface area contributed by atoms with Crippen molar-refractivity contribution in [1.29, 1.82) is 1.28 Å². The zero-order valence-corrected chi connectivity index (χ0v) is 13.5. The van der Waals surface area contributed by atoms with Crippen LogP contribution in [0.2, 0.25) is 0 Å². The molecule has 100 valence electrons. The van der Waals surface area contributed by atoms with Crippen LogP contribution in [0.4, 0.5) is 0 Å². The van der Waals surface area contributed by atoms with Crippen molar-refractivity contribution in [2.75, 3.05) is 13.2 Å². The van der Waals surface area contributed by atoms with Crippen LogP contribution in [0.5, 0.6) is 0 Å². The Morgan fingerprint density at radius 1 is 1.76 bits per heavy atom. The molecular formula is C10H18IO4PS. The molecule has 1 aliphatic rings. The van der Waals surface area contributed by atoms with Crippen LogP contribution in [0.1, 0.15) is 19.8 Å². The number of hydrogen-bond donors (Lipinski definition) is 2. The second kappa shape index (κ2) is 7.50. The van der Waals surface area contributed by atoms with Crippen LogP contribution in [0.25, 0.3) is 0 Å². The molecule has 4 nitrogen and oxygen atoms in total. The van der Waals surface area contributed by atoms with E-state index in [0.717, 1.165) is 0 Å². The second-order valence-electron chi connectivity index (χ2n) is 4.44. The molecule has 1 fully saturated rings. The first-order chi connectivity index (χ1) is 8.49. The van der Waals surface area contributed by atoms with Crippen molar-refractivity contribution in [3.05, 3.63) is 0 Å².